The van der Waals surface area contributed by atoms with E-state index in [0.29, 0.717) is 18.8 Å². The summed E-state index contributed by atoms with van der Waals surface area (Å²) in [5, 5.41) is 13.0. The maximum atomic E-state index is 9.75. The van der Waals surface area contributed by atoms with Gasteiger partial charge in [-0.3, -0.25) is 0 Å². The van der Waals surface area contributed by atoms with Crippen LogP contribution in [0.5, 0.6) is 0 Å². The van der Waals surface area contributed by atoms with E-state index in [2.05, 4.69) is 15.3 Å². The van der Waals surface area contributed by atoms with Gasteiger partial charge in [0.2, 0.25) is 5.95 Å². The lowest BCUT2D eigenvalue weighted by Gasteiger charge is -2.21. The van der Waals surface area contributed by atoms with Crippen molar-refractivity contribution in [2.45, 2.75) is 25.9 Å². The fourth-order valence-electron chi connectivity index (χ4n) is 0.932. The Morgan fingerprint density at radius 2 is 2.27 bits per heavy atom. The zero-order chi connectivity index (χ0) is 11.5. The first-order valence-corrected chi connectivity index (χ1v) is 5.07. The minimum atomic E-state index is -0.772. The molecule has 0 saturated heterocycles. The molecule has 0 saturated carbocycles. The lowest BCUT2D eigenvalue weighted by Crippen LogP contribution is -2.32. The molecule has 0 aliphatic rings. The number of hydrogen-bond donors (Lipinski definition) is 3. The number of halogens is 1. The minimum Gasteiger partial charge on any atom is -0.388 e. The Labute approximate surface area is 93.7 Å². The van der Waals surface area contributed by atoms with Crippen molar-refractivity contribution in [2.75, 3.05) is 17.6 Å². The zero-order valence-corrected chi connectivity index (χ0v) is 9.54. The summed E-state index contributed by atoms with van der Waals surface area (Å²) in [5.74, 6) is 0.627. The smallest absolute Gasteiger partial charge is 0.223 e. The van der Waals surface area contributed by atoms with Gasteiger partial charge in [0, 0.05) is 12.6 Å². The van der Waals surface area contributed by atoms with Crippen LogP contribution in [0, 0.1) is 0 Å². The predicted octanol–water partition coefficient (Wildman–Crippen LogP) is 1.29. The average molecular weight is 231 g/mol. The van der Waals surface area contributed by atoms with E-state index in [9.17, 15) is 5.11 Å². The third-order valence-corrected chi connectivity index (χ3v) is 2.32. The van der Waals surface area contributed by atoms with Crippen molar-refractivity contribution < 1.29 is 5.11 Å². The number of hydrogen-bond acceptors (Lipinski definition) is 5. The predicted molar refractivity (Wildman–Crippen MR) is 60.9 cm³/mol. The molecule has 5 nitrogen and oxygen atoms in total. The molecule has 1 aromatic rings. The number of nitrogen functional groups attached to an aromatic ring is 1. The maximum Gasteiger partial charge on any atom is 0.223 e. The molecule has 6 heteroatoms. The van der Waals surface area contributed by atoms with E-state index < -0.39 is 5.60 Å². The van der Waals surface area contributed by atoms with Crippen LogP contribution in [0.1, 0.15) is 20.3 Å². The number of nitrogens with one attached hydrogen (secondary N) is 1. The standard InChI is InChI=1S/C9H15ClN4O/c1-3-9(2,15)5-12-7-4-6(10)13-8(11)14-7/h4,15H,3,5H2,1-2H3,(H3,11,12,13,14). The van der Waals surface area contributed by atoms with E-state index in [-0.39, 0.29) is 11.1 Å². The lowest BCUT2D eigenvalue weighted by atomic mass is 10.0. The normalized spacial score (nSPS) is 14.7. The van der Waals surface area contributed by atoms with Gasteiger partial charge in [-0.25, -0.2) is 4.98 Å². The van der Waals surface area contributed by atoms with E-state index in [0.717, 1.165) is 0 Å². The molecule has 1 aromatic heterocycles. The van der Waals surface area contributed by atoms with Crippen LogP contribution < -0.4 is 11.1 Å². The molecule has 4 N–H and O–H groups in total. The summed E-state index contributed by atoms with van der Waals surface area (Å²) in [7, 11) is 0. The molecule has 0 aliphatic heterocycles. The Bertz CT molecular complexity index is 323. The first kappa shape index (κ1) is 12.0. The molecule has 1 rings (SSSR count). The van der Waals surface area contributed by atoms with Crippen LogP contribution in [-0.4, -0.2) is 27.2 Å². The number of anilines is 2. The summed E-state index contributed by atoms with van der Waals surface area (Å²) >= 11 is 5.70. The molecule has 0 spiro atoms. The van der Waals surface area contributed by atoms with E-state index in [1.54, 1.807) is 13.0 Å². The Morgan fingerprint density at radius 1 is 1.60 bits per heavy atom. The highest BCUT2D eigenvalue weighted by Crippen LogP contribution is 2.14. The summed E-state index contributed by atoms with van der Waals surface area (Å²) in [6.07, 6.45) is 0.647. The Kier molecular flexibility index (Phi) is 3.71. The Morgan fingerprint density at radius 3 is 2.80 bits per heavy atom. The second-order valence-electron chi connectivity index (χ2n) is 3.64. The van der Waals surface area contributed by atoms with Crippen molar-refractivity contribution in [2.24, 2.45) is 0 Å². The lowest BCUT2D eigenvalue weighted by molar-refractivity contribution is 0.0696. The third-order valence-electron chi connectivity index (χ3n) is 2.12. The highest BCUT2D eigenvalue weighted by Gasteiger charge is 2.17. The highest BCUT2D eigenvalue weighted by molar-refractivity contribution is 6.29. The molecule has 0 radical (unpaired) electrons. The van der Waals surface area contributed by atoms with Gasteiger partial charge in [-0.1, -0.05) is 18.5 Å². The molecular formula is C9H15ClN4O. The summed E-state index contributed by atoms with van der Waals surface area (Å²) in [6, 6.07) is 1.56. The minimum absolute atomic E-state index is 0.112. The van der Waals surface area contributed by atoms with Gasteiger partial charge in [0.15, 0.2) is 0 Å². The maximum absolute atomic E-state index is 9.75. The van der Waals surface area contributed by atoms with Crippen molar-refractivity contribution in [1.82, 2.24) is 9.97 Å². The van der Waals surface area contributed by atoms with Crippen LogP contribution in [0.4, 0.5) is 11.8 Å². The van der Waals surface area contributed by atoms with Crippen LogP contribution in [0.25, 0.3) is 0 Å². The van der Waals surface area contributed by atoms with Gasteiger partial charge in [-0.05, 0) is 13.3 Å². The molecule has 15 heavy (non-hydrogen) atoms. The Balaban J connectivity index is 2.65. The van der Waals surface area contributed by atoms with E-state index in [4.69, 9.17) is 17.3 Å². The summed E-state index contributed by atoms with van der Waals surface area (Å²) in [6.45, 7) is 4.03. The van der Waals surface area contributed by atoms with Crippen LogP contribution >= 0.6 is 11.6 Å². The summed E-state index contributed by atoms with van der Waals surface area (Å²) in [5.41, 5.74) is 4.65. The van der Waals surface area contributed by atoms with Gasteiger partial charge >= 0.3 is 0 Å². The number of nitrogens with two attached hydrogens (primary N) is 1. The van der Waals surface area contributed by atoms with Crippen molar-refractivity contribution in [1.29, 1.82) is 0 Å². The first-order chi connectivity index (χ1) is 6.93. The van der Waals surface area contributed by atoms with Gasteiger partial charge < -0.3 is 16.2 Å². The number of aromatic nitrogens is 2. The molecule has 84 valence electrons. The molecule has 0 fully saturated rings. The highest BCUT2D eigenvalue weighted by atomic mass is 35.5. The van der Waals surface area contributed by atoms with Gasteiger partial charge in [-0.15, -0.1) is 0 Å². The van der Waals surface area contributed by atoms with Crippen LogP contribution in [0.15, 0.2) is 6.07 Å². The van der Waals surface area contributed by atoms with E-state index in [1.807, 2.05) is 6.92 Å². The van der Waals surface area contributed by atoms with Gasteiger partial charge in [-0.2, -0.15) is 4.98 Å². The van der Waals surface area contributed by atoms with Crippen LogP contribution in [-0.2, 0) is 0 Å². The van der Waals surface area contributed by atoms with E-state index in [1.165, 1.54) is 0 Å². The molecule has 1 atom stereocenters. The number of aliphatic hydroxyl groups is 1. The summed E-state index contributed by atoms with van der Waals surface area (Å²) < 4.78 is 0. The third kappa shape index (κ3) is 3.89. The zero-order valence-electron chi connectivity index (χ0n) is 8.79. The molecule has 1 unspecified atom stereocenters. The SMILES string of the molecule is CCC(C)(O)CNc1cc(Cl)nc(N)n1. The van der Waals surface area contributed by atoms with Crippen molar-refractivity contribution in [3.63, 3.8) is 0 Å². The Hall–Kier alpha value is -1.07. The fourth-order valence-corrected chi connectivity index (χ4v) is 1.12. The molecule has 0 aliphatic carbocycles. The molecule has 0 aromatic carbocycles. The summed E-state index contributed by atoms with van der Waals surface area (Å²) in [4.78, 5) is 7.66. The van der Waals surface area contributed by atoms with Crippen molar-refractivity contribution in [3.8, 4) is 0 Å². The van der Waals surface area contributed by atoms with Crippen LogP contribution in [0.3, 0.4) is 0 Å². The second-order valence-corrected chi connectivity index (χ2v) is 4.03. The topological polar surface area (TPSA) is 84.1 Å². The van der Waals surface area contributed by atoms with Gasteiger partial charge in [0.25, 0.3) is 0 Å². The molecule has 0 amide bonds. The first-order valence-electron chi connectivity index (χ1n) is 4.69. The molecular weight excluding hydrogens is 216 g/mol. The van der Waals surface area contributed by atoms with Crippen molar-refractivity contribution in [3.05, 3.63) is 11.2 Å². The quantitative estimate of drug-likeness (QED) is 0.679. The van der Waals surface area contributed by atoms with Gasteiger partial charge in [0.1, 0.15) is 11.0 Å². The van der Waals surface area contributed by atoms with Crippen LogP contribution in [0.2, 0.25) is 5.15 Å². The largest absolute Gasteiger partial charge is 0.388 e. The number of rotatable bonds is 4. The fraction of sp³-hybridized carbons (Fsp3) is 0.556. The molecule has 0 bridgehead atoms. The average Bonchev–Trinajstić information content (AvgIpc) is 2.14. The monoisotopic (exact) mass is 230 g/mol. The van der Waals surface area contributed by atoms with Gasteiger partial charge in [0.05, 0.1) is 5.60 Å². The van der Waals surface area contributed by atoms with Crippen molar-refractivity contribution >= 4 is 23.4 Å². The number of nitrogens with zero attached hydrogens (tertiary/aromatic N) is 2. The molecule has 1 heterocycles. The second kappa shape index (κ2) is 4.63. The van der Waals surface area contributed by atoms with E-state index >= 15 is 0 Å².